The van der Waals surface area contributed by atoms with Gasteiger partial charge in [-0.3, -0.25) is 4.99 Å². The molecule has 0 saturated heterocycles. The van der Waals surface area contributed by atoms with Gasteiger partial charge in [-0.05, 0) is 44.5 Å². The highest BCUT2D eigenvalue weighted by Gasteiger charge is 2.06. The van der Waals surface area contributed by atoms with E-state index in [2.05, 4.69) is 4.99 Å². The van der Waals surface area contributed by atoms with Crippen LogP contribution >= 0.6 is 0 Å². The van der Waals surface area contributed by atoms with E-state index in [9.17, 15) is 4.79 Å². The van der Waals surface area contributed by atoms with Gasteiger partial charge in [0.1, 0.15) is 11.5 Å². The smallest absolute Gasteiger partial charge is 0.335 e. The van der Waals surface area contributed by atoms with E-state index in [1.807, 2.05) is 26.8 Å². The highest BCUT2D eigenvalue weighted by Crippen LogP contribution is 2.21. The molecule has 4 nitrogen and oxygen atoms in total. The molecule has 0 atom stereocenters. The molecule has 0 bridgehead atoms. The van der Waals surface area contributed by atoms with Crippen LogP contribution in [-0.2, 0) is 0 Å². The van der Waals surface area contributed by atoms with Gasteiger partial charge < -0.3 is 9.52 Å². The van der Waals surface area contributed by atoms with E-state index < -0.39 is 5.97 Å². The molecule has 19 heavy (non-hydrogen) atoms. The number of benzene rings is 1. The second kappa shape index (κ2) is 5.10. The van der Waals surface area contributed by atoms with Crippen molar-refractivity contribution in [3.8, 4) is 0 Å². The number of carboxylic acids is 1. The Labute approximate surface area is 111 Å². The molecular weight excluding hydrogens is 242 g/mol. The van der Waals surface area contributed by atoms with Crippen molar-refractivity contribution in [2.24, 2.45) is 4.99 Å². The standard InChI is InChI=1S/C15H15NO3/c1-9-4-5-12(15(17)18)7-14(9)16-8-13-6-10(2)19-11(13)3/h4-8H,1-3H3,(H,17,18). The number of aryl methyl sites for hydroxylation is 3. The number of rotatable bonds is 3. The lowest BCUT2D eigenvalue weighted by Crippen LogP contribution is -1.95. The first kappa shape index (κ1) is 13.1. The fourth-order valence-corrected chi connectivity index (χ4v) is 1.80. The molecular formula is C15H15NO3. The van der Waals surface area contributed by atoms with Crippen LogP contribution in [0.15, 0.2) is 33.7 Å². The van der Waals surface area contributed by atoms with Crippen molar-refractivity contribution in [1.29, 1.82) is 0 Å². The van der Waals surface area contributed by atoms with E-state index in [1.54, 1.807) is 24.4 Å². The zero-order valence-corrected chi connectivity index (χ0v) is 11.1. The molecule has 0 radical (unpaired) electrons. The first-order valence-corrected chi connectivity index (χ1v) is 5.92. The summed E-state index contributed by atoms with van der Waals surface area (Å²) in [5.41, 5.74) is 2.72. The number of hydrogen-bond acceptors (Lipinski definition) is 3. The molecule has 0 unspecified atom stereocenters. The van der Waals surface area contributed by atoms with Gasteiger partial charge in [0.15, 0.2) is 0 Å². The number of hydrogen-bond donors (Lipinski definition) is 1. The molecule has 1 aromatic heterocycles. The van der Waals surface area contributed by atoms with Gasteiger partial charge >= 0.3 is 5.97 Å². The molecule has 1 heterocycles. The van der Waals surface area contributed by atoms with Crippen molar-refractivity contribution in [1.82, 2.24) is 0 Å². The van der Waals surface area contributed by atoms with Crippen LogP contribution in [0.3, 0.4) is 0 Å². The first-order chi connectivity index (χ1) is 8.97. The maximum absolute atomic E-state index is 10.9. The minimum absolute atomic E-state index is 0.234. The minimum Gasteiger partial charge on any atom is -0.478 e. The Balaban J connectivity index is 2.35. The summed E-state index contributed by atoms with van der Waals surface area (Å²) in [7, 11) is 0. The molecule has 0 aliphatic heterocycles. The van der Waals surface area contributed by atoms with Gasteiger partial charge in [0.2, 0.25) is 0 Å². The monoisotopic (exact) mass is 257 g/mol. The van der Waals surface area contributed by atoms with Gasteiger partial charge in [-0.15, -0.1) is 0 Å². The van der Waals surface area contributed by atoms with Gasteiger partial charge in [-0.1, -0.05) is 6.07 Å². The van der Waals surface area contributed by atoms with E-state index in [0.717, 1.165) is 22.6 Å². The Morgan fingerprint density at radius 1 is 1.26 bits per heavy atom. The number of nitrogens with zero attached hydrogens (tertiary/aromatic N) is 1. The van der Waals surface area contributed by atoms with Crippen LogP contribution in [-0.4, -0.2) is 17.3 Å². The van der Waals surface area contributed by atoms with Crippen LogP contribution < -0.4 is 0 Å². The van der Waals surface area contributed by atoms with Crippen molar-refractivity contribution < 1.29 is 14.3 Å². The van der Waals surface area contributed by atoms with Gasteiger partial charge in [0, 0.05) is 11.8 Å². The topological polar surface area (TPSA) is 62.8 Å². The highest BCUT2D eigenvalue weighted by atomic mass is 16.4. The Hall–Kier alpha value is -2.36. The average molecular weight is 257 g/mol. The summed E-state index contributed by atoms with van der Waals surface area (Å²) in [5.74, 6) is 0.676. The average Bonchev–Trinajstić information content (AvgIpc) is 2.66. The van der Waals surface area contributed by atoms with E-state index in [4.69, 9.17) is 9.52 Å². The highest BCUT2D eigenvalue weighted by molar-refractivity contribution is 5.90. The maximum atomic E-state index is 10.9. The van der Waals surface area contributed by atoms with Crippen molar-refractivity contribution in [3.05, 3.63) is 52.5 Å². The van der Waals surface area contributed by atoms with Crippen molar-refractivity contribution in [3.63, 3.8) is 0 Å². The normalized spacial score (nSPS) is 11.1. The fraction of sp³-hybridized carbons (Fsp3) is 0.200. The summed E-state index contributed by atoms with van der Waals surface area (Å²) in [6, 6.07) is 6.79. The summed E-state index contributed by atoms with van der Waals surface area (Å²) >= 11 is 0. The van der Waals surface area contributed by atoms with Crippen LogP contribution in [0.1, 0.15) is 33.0 Å². The number of aromatic carboxylic acids is 1. The molecule has 0 spiro atoms. The van der Waals surface area contributed by atoms with Crippen LogP contribution in [0, 0.1) is 20.8 Å². The molecule has 0 amide bonds. The molecule has 2 aromatic rings. The van der Waals surface area contributed by atoms with Gasteiger partial charge in [0.05, 0.1) is 11.3 Å². The van der Waals surface area contributed by atoms with Gasteiger partial charge in [0.25, 0.3) is 0 Å². The third kappa shape index (κ3) is 2.91. The lowest BCUT2D eigenvalue weighted by molar-refractivity contribution is 0.0697. The molecule has 98 valence electrons. The summed E-state index contributed by atoms with van der Waals surface area (Å²) in [4.78, 5) is 15.3. The molecule has 0 aliphatic rings. The van der Waals surface area contributed by atoms with E-state index in [1.165, 1.54) is 0 Å². The third-order valence-electron chi connectivity index (χ3n) is 2.88. The van der Waals surface area contributed by atoms with Crippen molar-refractivity contribution in [2.45, 2.75) is 20.8 Å². The van der Waals surface area contributed by atoms with Crippen LogP contribution in [0.25, 0.3) is 0 Å². The number of carboxylic acid groups (broad SMARTS) is 1. The second-order valence-electron chi connectivity index (χ2n) is 4.43. The third-order valence-corrected chi connectivity index (χ3v) is 2.88. The molecule has 4 heteroatoms. The molecule has 2 rings (SSSR count). The molecule has 0 fully saturated rings. The van der Waals surface area contributed by atoms with E-state index in [0.29, 0.717) is 5.69 Å². The Kier molecular flexibility index (Phi) is 3.51. The number of aliphatic imine (C=N–C) groups is 1. The van der Waals surface area contributed by atoms with Crippen LogP contribution in [0.2, 0.25) is 0 Å². The lowest BCUT2D eigenvalue weighted by Gasteiger charge is -2.01. The summed E-state index contributed by atoms with van der Waals surface area (Å²) in [6.07, 6.45) is 1.69. The maximum Gasteiger partial charge on any atom is 0.335 e. The lowest BCUT2D eigenvalue weighted by atomic mass is 10.1. The van der Waals surface area contributed by atoms with E-state index >= 15 is 0 Å². The zero-order valence-electron chi connectivity index (χ0n) is 11.1. The van der Waals surface area contributed by atoms with Crippen molar-refractivity contribution in [2.75, 3.05) is 0 Å². The quantitative estimate of drug-likeness (QED) is 0.853. The van der Waals surface area contributed by atoms with Crippen molar-refractivity contribution >= 4 is 17.9 Å². The van der Waals surface area contributed by atoms with Crippen LogP contribution in [0.4, 0.5) is 5.69 Å². The van der Waals surface area contributed by atoms with Crippen LogP contribution in [0.5, 0.6) is 0 Å². The number of carbonyl (C=O) groups is 1. The Morgan fingerprint density at radius 2 is 2.00 bits per heavy atom. The van der Waals surface area contributed by atoms with E-state index in [-0.39, 0.29) is 5.56 Å². The second-order valence-corrected chi connectivity index (χ2v) is 4.43. The predicted molar refractivity (Wildman–Crippen MR) is 73.6 cm³/mol. The first-order valence-electron chi connectivity index (χ1n) is 5.92. The number of furan rings is 1. The molecule has 0 saturated carbocycles. The molecule has 0 aliphatic carbocycles. The predicted octanol–water partition coefficient (Wildman–Crippen LogP) is 3.65. The summed E-state index contributed by atoms with van der Waals surface area (Å²) in [6.45, 7) is 5.64. The molecule has 1 aromatic carbocycles. The largest absolute Gasteiger partial charge is 0.478 e. The zero-order chi connectivity index (χ0) is 14.0. The van der Waals surface area contributed by atoms with Gasteiger partial charge in [-0.25, -0.2) is 4.79 Å². The minimum atomic E-state index is -0.952. The fourth-order valence-electron chi connectivity index (χ4n) is 1.80. The Morgan fingerprint density at radius 3 is 2.58 bits per heavy atom. The SMILES string of the molecule is Cc1cc(C=Nc2cc(C(=O)O)ccc2C)c(C)o1. The summed E-state index contributed by atoms with van der Waals surface area (Å²) < 4.78 is 5.41. The molecule has 1 N–H and O–H groups in total. The van der Waals surface area contributed by atoms with Gasteiger partial charge in [-0.2, -0.15) is 0 Å². The summed E-state index contributed by atoms with van der Waals surface area (Å²) in [5, 5.41) is 8.97. The Bertz CT molecular complexity index is 653.